The Hall–Kier alpha value is -0.600. The zero-order valence-corrected chi connectivity index (χ0v) is 8.78. The molecule has 76 valence electrons. The van der Waals surface area contributed by atoms with E-state index in [1.165, 1.54) is 0 Å². The summed E-state index contributed by atoms with van der Waals surface area (Å²) in [5, 5.41) is 0.160. The molecule has 0 amide bonds. The first-order valence-electron chi connectivity index (χ1n) is 4.98. The maximum Gasteiger partial charge on any atom is 0.0509 e. The van der Waals surface area contributed by atoms with E-state index in [-0.39, 0.29) is 5.38 Å². The van der Waals surface area contributed by atoms with Crippen molar-refractivity contribution in [3.63, 3.8) is 0 Å². The molecule has 0 radical (unpaired) electrons. The summed E-state index contributed by atoms with van der Waals surface area (Å²) in [7, 11) is 0. The second-order valence-corrected chi connectivity index (χ2v) is 4.23. The second-order valence-electron chi connectivity index (χ2n) is 3.66. The van der Waals surface area contributed by atoms with Crippen molar-refractivity contribution in [2.24, 2.45) is 5.92 Å². The van der Waals surface area contributed by atoms with Crippen molar-refractivity contribution < 1.29 is 4.74 Å². The highest BCUT2D eigenvalue weighted by atomic mass is 35.5. The molecule has 1 aromatic rings. The van der Waals surface area contributed by atoms with Gasteiger partial charge >= 0.3 is 0 Å². The molecular formula is C11H14ClNO. The number of halogens is 1. The first kappa shape index (κ1) is 9.94. The van der Waals surface area contributed by atoms with E-state index in [0.717, 1.165) is 31.7 Å². The van der Waals surface area contributed by atoms with Crippen LogP contribution in [0.4, 0.5) is 0 Å². The molecular weight excluding hydrogens is 198 g/mol. The number of ether oxygens (including phenoxy) is 1. The van der Waals surface area contributed by atoms with Crippen molar-refractivity contribution >= 4 is 11.6 Å². The van der Waals surface area contributed by atoms with Gasteiger partial charge < -0.3 is 4.74 Å². The summed E-state index contributed by atoms with van der Waals surface area (Å²) in [5.41, 5.74) is 1.07. The van der Waals surface area contributed by atoms with Gasteiger partial charge in [-0.15, -0.1) is 11.6 Å². The van der Waals surface area contributed by atoms with Crippen molar-refractivity contribution in [1.82, 2.24) is 4.98 Å². The highest BCUT2D eigenvalue weighted by Crippen LogP contribution is 2.23. The van der Waals surface area contributed by atoms with E-state index in [0.29, 0.717) is 5.92 Å². The van der Waals surface area contributed by atoms with Gasteiger partial charge in [-0.2, -0.15) is 0 Å². The number of pyridine rings is 1. The number of hydrogen-bond donors (Lipinski definition) is 0. The lowest BCUT2D eigenvalue weighted by molar-refractivity contribution is 0.185. The Bertz CT molecular complexity index is 272. The van der Waals surface area contributed by atoms with Crippen molar-refractivity contribution in [3.05, 3.63) is 30.1 Å². The normalized spacial score (nSPS) is 23.6. The summed E-state index contributed by atoms with van der Waals surface area (Å²) in [5.74, 6) is 0.499. The zero-order valence-electron chi connectivity index (χ0n) is 8.03. The largest absolute Gasteiger partial charge is 0.381 e. The average molecular weight is 212 g/mol. The van der Waals surface area contributed by atoms with Gasteiger partial charge in [-0.3, -0.25) is 4.98 Å². The van der Waals surface area contributed by atoms with E-state index in [4.69, 9.17) is 16.3 Å². The third kappa shape index (κ3) is 2.46. The lowest BCUT2D eigenvalue weighted by atomic mass is 10.0. The number of rotatable bonds is 3. The van der Waals surface area contributed by atoms with Crippen LogP contribution in [0.5, 0.6) is 0 Å². The zero-order chi connectivity index (χ0) is 9.80. The molecule has 0 spiro atoms. The van der Waals surface area contributed by atoms with Crippen LogP contribution in [-0.4, -0.2) is 23.6 Å². The molecule has 2 nitrogen and oxygen atoms in total. The summed E-state index contributed by atoms with van der Waals surface area (Å²) in [6.45, 7) is 1.66. The lowest BCUT2D eigenvalue weighted by Gasteiger charge is -2.14. The van der Waals surface area contributed by atoms with Crippen molar-refractivity contribution in [2.75, 3.05) is 13.2 Å². The standard InChI is InChI=1S/C11H14ClNO/c12-11(9-4-6-14-8-9)7-10-3-1-2-5-13-10/h1-3,5,9,11H,4,6-8H2. The number of hydrogen-bond acceptors (Lipinski definition) is 2. The number of alkyl halides is 1. The van der Waals surface area contributed by atoms with E-state index in [9.17, 15) is 0 Å². The highest BCUT2D eigenvalue weighted by molar-refractivity contribution is 6.20. The Morgan fingerprint density at radius 1 is 1.57 bits per heavy atom. The van der Waals surface area contributed by atoms with Gasteiger partial charge in [0.1, 0.15) is 0 Å². The molecule has 2 rings (SSSR count). The van der Waals surface area contributed by atoms with Crippen LogP contribution < -0.4 is 0 Å². The Balaban J connectivity index is 1.90. The van der Waals surface area contributed by atoms with E-state index in [2.05, 4.69) is 4.98 Å². The molecule has 1 aliphatic rings. The predicted molar refractivity (Wildman–Crippen MR) is 56.5 cm³/mol. The van der Waals surface area contributed by atoms with Gasteiger partial charge in [0.15, 0.2) is 0 Å². The van der Waals surface area contributed by atoms with Crippen LogP contribution in [0.2, 0.25) is 0 Å². The fourth-order valence-electron chi connectivity index (χ4n) is 1.72. The maximum atomic E-state index is 6.30. The average Bonchev–Trinajstić information content (AvgIpc) is 2.72. The van der Waals surface area contributed by atoms with Gasteiger partial charge in [0.2, 0.25) is 0 Å². The van der Waals surface area contributed by atoms with Gasteiger partial charge in [0.25, 0.3) is 0 Å². The molecule has 1 fully saturated rings. The number of aromatic nitrogens is 1. The predicted octanol–water partition coefficient (Wildman–Crippen LogP) is 2.27. The first-order valence-corrected chi connectivity index (χ1v) is 5.41. The van der Waals surface area contributed by atoms with Gasteiger partial charge in [-0.05, 0) is 18.6 Å². The molecule has 14 heavy (non-hydrogen) atoms. The van der Waals surface area contributed by atoms with Crippen LogP contribution in [0.15, 0.2) is 24.4 Å². The summed E-state index contributed by atoms with van der Waals surface area (Å²) in [6.07, 6.45) is 3.74. The van der Waals surface area contributed by atoms with E-state index in [1.807, 2.05) is 24.4 Å². The topological polar surface area (TPSA) is 22.1 Å². The Morgan fingerprint density at radius 3 is 3.14 bits per heavy atom. The van der Waals surface area contributed by atoms with E-state index >= 15 is 0 Å². The molecule has 1 aromatic heterocycles. The minimum Gasteiger partial charge on any atom is -0.381 e. The molecule has 0 aromatic carbocycles. The third-order valence-electron chi connectivity index (χ3n) is 2.61. The van der Waals surface area contributed by atoms with Crippen LogP contribution in [-0.2, 0) is 11.2 Å². The fourth-order valence-corrected chi connectivity index (χ4v) is 2.08. The Labute approximate surface area is 89.3 Å². The molecule has 2 unspecified atom stereocenters. The smallest absolute Gasteiger partial charge is 0.0509 e. The van der Waals surface area contributed by atoms with E-state index in [1.54, 1.807) is 0 Å². The Morgan fingerprint density at radius 2 is 2.50 bits per heavy atom. The molecule has 2 heterocycles. The van der Waals surface area contributed by atoms with Crippen LogP contribution >= 0.6 is 11.6 Å². The summed E-state index contributed by atoms with van der Waals surface area (Å²) in [4.78, 5) is 4.26. The van der Waals surface area contributed by atoms with Crippen LogP contribution in [0.3, 0.4) is 0 Å². The van der Waals surface area contributed by atoms with Gasteiger partial charge in [-0.25, -0.2) is 0 Å². The molecule has 0 aliphatic carbocycles. The summed E-state index contributed by atoms with van der Waals surface area (Å²) in [6, 6.07) is 5.94. The van der Waals surface area contributed by atoms with Crippen molar-refractivity contribution in [3.8, 4) is 0 Å². The summed E-state index contributed by atoms with van der Waals surface area (Å²) < 4.78 is 5.31. The second kappa shape index (κ2) is 4.76. The molecule has 0 saturated carbocycles. The minimum absolute atomic E-state index is 0.160. The summed E-state index contributed by atoms with van der Waals surface area (Å²) >= 11 is 6.30. The van der Waals surface area contributed by atoms with Crippen LogP contribution in [0, 0.1) is 5.92 Å². The van der Waals surface area contributed by atoms with Crippen molar-refractivity contribution in [1.29, 1.82) is 0 Å². The highest BCUT2D eigenvalue weighted by Gasteiger charge is 2.24. The van der Waals surface area contributed by atoms with Crippen LogP contribution in [0.1, 0.15) is 12.1 Å². The van der Waals surface area contributed by atoms with Crippen molar-refractivity contribution in [2.45, 2.75) is 18.2 Å². The van der Waals surface area contributed by atoms with Gasteiger partial charge in [-0.1, -0.05) is 6.07 Å². The molecule has 3 heteroatoms. The maximum absolute atomic E-state index is 6.30. The Kier molecular flexibility index (Phi) is 3.38. The molecule has 0 bridgehead atoms. The third-order valence-corrected chi connectivity index (χ3v) is 3.12. The molecule has 2 atom stereocenters. The van der Waals surface area contributed by atoms with Gasteiger partial charge in [0, 0.05) is 36.2 Å². The van der Waals surface area contributed by atoms with Gasteiger partial charge in [0.05, 0.1) is 6.61 Å². The molecule has 1 saturated heterocycles. The minimum atomic E-state index is 0.160. The fraction of sp³-hybridized carbons (Fsp3) is 0.545. The molecule has 0 N–H and O–H groups in total. The molecule has 1 aliphatic heterocycles. The van der Waals surface area contributed by atoms with Crippen LogP contribution in [0.25, 0.3) is 0 Å². The lowest BCUT2D eigenvalue weighted by Crippen LogP contribution is -2.18. The first-order chi connectivity index (χ1) is 6.86. The number of nitrogens with zero attached hydrogens (tertiary/aromatic N) is 1. The quantitative estimate of drug-likeness (QED) is 0.716. The monoisotopic (exact) mass is 211 g/mol. The van der Waals surface area contributed by atoms with E-state index < -0.39 is 0 Å². The SMILES string of the molecule is ClC(Cc1ccccn1)C1CCOC1.